The number of carbonyl (C=O) groups is 1. The summed E-state index contributed by atoms with van der Waals surface area (Å²) in [6.45, 7) is 2.96. The topological polar surface area (TPSA) is 66.5 Å². The van der Waals surface area contributed by atoms with Gasteiger partial charge in [0.1, 0.15) is 0 Å². The van der Waals surface area contributed by atoms with Crippen LogP contribution in [0.2, 0.25) is 5.02 Å². The summed E-state index contributed by atoms with van der Waals surface area (Å²) in [6.07, 6.45) is 3.14. The van der Waals surface area contributed by atoms with E-state index in [-0.39, 0.29) is 10.8 Å². The van der Waals surface area contributed by atoms with Crippen LogP contribution in [0.25, 0.3) is 0 Å². The fourth-order valence-electron chi connectivity index (χ4n) is 3.18. The SMILES string of the molecule is Cc1ccc(S(=O)(=O)N2CCCCC2)cc1NC(=O)CCSc1ccccc1Cl. The van der Waals surface area contributed by atoms with Gasteiger partial charge in [-0.2, -0.15) is 4.31 Å². The maximum absolute atomic E-state index is 12.9. The van der Waals surface area contributed by atoms with Crippen molar-refractivity contribution in [1.82, 2.24) is 4.31 Å². The van der Waals surface area contributed by atoms with Crippen LogP contribution in [0.15, 0.2) is 52.3 Å². The monoisotopic (exact) mass is 452 g/mol. The average Bonchev–Trinajstić information content (AvgIpc) is 2.71. The standard InChI is InChI=1S/C21H25ClN2O3S2/c1-16-9-10-17(29(26,27)24-12-5-2-6-13-24)15-19(16)23-21(25)11-14-28-20-8-4-3-7-18(20)22/h3-4,7-10,15H,2,5-6,11-14H2,1H3,(H,23,25). The Hall–Kier alpha value is -1.54. The predicted octanol–water partition coefficient (Wildman–Crippen LogP) is 4.94. The Bertz CT molecular complexity index is 974. The molecule has 1 amide bonds. The van der Waals surface area contributed by atoms with Crippen LogP contribution in [0.1, 0.15) is 31.2 Å². The summed E-state index contributed by atoms with van der Waals surface area (Å²) >= 11 is 7.65. The Labute approximate surface area is 181 Å². The highest BCUT2D eigenvalue weighted by molar-refractivity contribution is 7.99. The van der Waals surface area contributed by atoms with Gasteiger partial charge in [0, 0.05) is 35.8 Å². The van der Waals surface area contributed by atoms with E-state index in [2.05, 4.69) is 5.32 Å². The van der Waals surface area contributed by atoms with Gasteiger partial charge in [-0.3, -0.25) is 4.79 Å². The van der Waals surface area contributed by atoms with Crippen LogP contribution in [0.4, 0.5) is 5.69 Å². The van der Waals surface area contributed by atoms with Gasteiger partial charge < -0.3 is 5.32 Å². The Balaban J connectivity index is 1.63. The van der Waals surface area contributed by atoms with Crippen molar-refractivity contribution in [2.75, 3.05) is 24.2 Å². The molecule has 5 nitrogen and oxygen atoms in total. The van der Waals surface area contributed by atoms with Crippen molar-refractivity contribution in [2.45, 2.75) is 42.4 Å². The molecule has 0 aromatic heterocycles. The molecule has 1 N–H and O–H groups in total. The molecular weight excluding hydrogens is 428 g/mol. The number of hydrogen-bond acceptors (Lipinski definition) is 4. The maximum atomic E-state index is 12.9. The molecule has 1 aliphatic rings. The van der Waals surface area contributed by atoms with E-state index in [4.69, 9.17) is 11.6 Å². The number of nitrogens with one attached hydrogen (secondary N) is 1. The van der Waals surface area contributed by atoms with E-state index in [0.717, 1.165) is 29.7 Å². The highest BCUT2D eigenvalue weighted by Gasteiger charge is 2.26. The largest absolute Gasteiger partial charge is 0.326 e. The fourth-order valence-corrected chi connectivity index (χ4v) is 5.91. The molecule has 0 unspecified atom stereocenters. The summed E-state index contributed by atoms with van der Waals surface area (Å²) in [5.74, 6) is 0.431. The predicted molar refractivity (Wildman–Crippen MR) is 119 cm³/mol. The van der Waals surface area contributed by atoms with Gasteiger partial charge in [0.25, 0.3) is 0 Å². The highest BCUT2D eigenvalue weighted by atomic mass is 35.5. The molecule has 0 radical (unpaired) electrons. The van der Waals surface area contributed by atoms with Gasteiger partial charge >= 0.3 is 0 Å². The Morgan fingerprint density at radius 3 is 2.59 bits per heavy atom. The maximum Gasteiger partial charge on any atom is 0.243 e. The third-order valence-corrected chi connectivity index (χ3v) is 8.27. The van der Waals surface area contributed by atoms with Crippen LogP contribution < -0.4 is 5.32 Å². The van der Waals surface area contributed by atoms with Crippen LogP contribution in [0.3, 0.4) is 0 Å². The number of aryl methyl sites for hydroxylation is 1. The molecule has 8 heteroatoms. The fraction of sp³-hybridized carbons (Fsp3) is 0.381. The number of anilines is 1. The molecule has 2 aromatic rings. The Kier molecular flexibility index (Phi) is 7.62. The summed E-state index contributed by atoms with van der Waals surface area (Å²) in [4.78, 5) is 13.6. The van der Waals surface area contributed by atoms with Crippen LogP contribution >= 0.6 is 23.4 Å². The van der Waals surface area contributed by atoms with Gasteiger partial charge in [-0.1, -0.05) is 36.2 Å². The van der Waals surface area contributed by atoms with E-state index in [9.17, 15) is 13.2 Å². The molecule has 1 aliphatic heterocycles. The normalized spacial score (nSPS) is 15.2. The molecule has 0 saturated carbocycles. The van der Waals surface area contributed by atoms with Gasteiger partial charge in [0.05, 0.1) is 9.92 Å². The lowest BCUT2D eigenvalue weighted by molar-refractivity contribution is -0.115. The summed E-state index contributed by atoms with van der Waals surface area (Å²) in [5, 5.41) is 3.53. The zero-order chi connectivity index (χ0) is 20.9. The minimum Gasteiger partial charge on any atom is -0.326 e. The number of carbonyl (C=O) groups excluding carboxylic acids is 1. The summed E-state index contributed by atoms with van der Waals surface area (Å²) in [7, 11) is -3.53. The van der Waals surface area contributed by atoms with Gasteiger partial charge in [-0.05, 0) is 49.6 Å². The Morgan fingerprint density at radius 1 is 1.14 bits per heavy atom. The number of sulfonamides is 1. The second-order valence-corrected chi connectivity index (χ2v) is 10.5. The first-order chi connectivity index (χ1) is 13.9. The minimum absolute atomic E-state index is 0.153. The number of benzene rings is 2. The van der Waals surface area contributed by atoms with Crippen molar-refractivity contribution in [1.29, 1.82) is 0 Å². The molecule has 29 heavy (non-hydrogen) atoms. The van der Waals surface area contributed by atoms with E-state index >= 15 is 0 Å². The van der Waals surface area contributed by atoms with E-state index in [1.807, 2.05) is 31.2 Å². The third kappa shape index (κ3) is 5.75. The molecular formula is C21H25ClN2O3S2. The first-order valence-electron chi connectivity index (χ1n) is 9.66. The van der Waals surface area contributed by atoms with Crippen molar-refractivity contribution >= 4 is 45.0 Å². The molecule has 0 atom stereocenters. The number of amides is 1. The van der Waals surface area contributed by atoms with E-state index in [0.29, 0.717) is 36.0 Å². The van der Waals surface area contributed by atoms with Gasteiger partial charge in [-0.25, -0.2) is 8.42 Å². The second kappa shape index (κ2) is 9.98. The second-order valence-electron chi connectivity index (χ2n) is 7.02. The summed E-state index contributed by atoms with van der Waals surface area (Å²) in [6, 6.07) is 12.4. The molecule has 1 fully saturated rings. The number of nitrogens with zero attached hydrogens (tertiary/aromatic N) is 1. The van der Waals surface area contributed by atoms with Gasteiger partial charge in [-0.15, -0.1) is 11.8 Å². The van der Waals surface area contributed by atoms with Crippen LogP contribution in [0.5, 0.6) is 0 Å². The van der Waals surface area contributed by atoms with E-state index < -0.39 is 10.0 Å². The van der Waals surface area contributed by atoms with Gasteiger partial charge in [0.2, 0.25) is 15.9 Å². The third-order valence-electron chi connectivity index (χ3n) is 4.86. The molecule has 0 bridgehead atoms. The number of hydrogen-bond donors (Lipinski definition) is 1. The summed E-state index contributed by atoms with van der Waals surface area (Å²) < 4.78 is 27.3. The van der Waals surface area contributed by atoms with Crippen LogP contribution in [-0.4, -0.2) is 37.5 Å². The number of halogens is 1. The Morgan fingerprint density at radius 2 is 1.86 bits per heavy atom. The lowest BCUT2D eigenvalue weighted by Gasteiger charge is -2.26. The number of thioether (sulfide) groups is 1. The lowest BCUT2D eigenvalue weighted by atomic mass is 10.2. The van der Waals surface area contributed by atoms with Crippen molar-refractivity contribution in [2.24, 2.45) is 0 Å². The van der Waals surface area contributed by atoms with Gasteiger partial charge in [0.15, 0.2) is 0 Å². The smallest absolute Gasteiger partial charge is 0.243 e. The zero-order valence-corrected chi connectivity index (χ0v) is 18.7. The average molecular weight is 453 g/mol. The summed E-state index contributed by atoms with van der Waals surface area (Å²) in [5.41, 5.74) is 1.37. The molecule has 2 aromatic carbocycles. The highest BCUT2D eigenvalue weighted by Crippen LogP contribution is 2.28. The first kappa shape index (κ1) is 22.2. The molecule has 156 valence electrons. The lowest BCUT2D eigenvalue weighted by Crippen LogP contribution is -2.35. The van der Waals surface area contributed by atoms with Crippen molar-refractivity contribution < 1.29 is 13.2 Å². The van der Waals surface area contributed by atoms with Crippen molar-refractivity contribution in [3.8, 4) is 0 Å². The minimum atomic E-state index is -3.53. The number of piperidine rings is 1. The molecule has 1 heterocycles. The zero-order valence-electron chi connectivity index (χ0n) is 16.4. The molecule has 3 rings (SSSR count). The van der Waals surface area contributed by atoms with Crippen molar-refractivity contribution in [3.05, 3.63) is 53.1 Å². The van der Waals surface area contributed by atoms with Crippen molar-refractivity contribution in [3.63, 3.8) is 0 Å². The first-order valence-corrected chi connectivity index (χ1v) is 12.5. The van der Waals surface area contributed by atoms with E-state index in [1.54, 1.807) is 18.2 Å². The van der Waals surface area contributed by atoms with Crippen LogP contribution in [-0.2, 0) is 14.8 Å². The molecule has 1 saturated heterocycles. The van der Waals surface area contributed by atoms with Crippen LogP contribution in [0, 0.1) is 6.92 Å². The number of rotatable bonds is 7. The molecule has 0 aliphatic carbocycles. The van der Waals surface area contributed by atoms with E-state index in [1.165, 1.54) is 16.1 Å². The quantitative estimate of drug-likeness (QED) is 0.604. The molecule has 0 spiro atoms.